The number of carbonyl (C=O) groups excluding carboxylic acids is 1. The van der Waals surface area contributed by atoms with Crippen molar-refractivity contribution in [2.75, 3.05) is 42.7 Å². The van der Waals surface area contributed by atoms with Crippen LogP contribution in [0.1, 0.15) is 20.3 Å². The lowest BCUT2D eigenvalue weighted by Crippen LogP contribution is -2.29. The second-order valence-corrected chi connectivity index (χ2v) is 8.60. The molecule has 1 aromatic heterocycles. The summed E-state index contributed by atoms with van der Waals surface area (Å²) in [5, 5.41) is 15.2. The van der Waals surface area contributed by atoms with E-state index in [1.807, 2.05) is 18.2 Å². The number of para-hydroxylation sites is 1. The van der Waals surface area contributed by atoms with Crippen LogP contribution in [0.5, 0.6) is 0 Å². The highest BCUT2D eigenvalue weighted by Gasteiger charge is 2.08. The Bertz CT molecular complexity index is 663. The van der Waals surface area contributed by atoms with Crippen molar-refractivity contribution in [2.24, 2.45) is 5.92 Å². The van der Waals surface area contributed by atoms with Crippen molar-refractivity contribution in [1.82, 2.24) is 15.5 Å². The predicted molar refractivity (Wildman–Crippen MR) is 111 cm³/mol. The normalized spacial score (nSPS) is 10.8. The number of hydrogen-bond donors (Lipinski definition) is 2. The van der Waals surface area contributed by atoms with E-state index in [1.165, 1.54) is 28.8 Å². The number of nitrogens with one attached hydrogen (secondary N) is 2. The van der Waals surface area contributed by atoms with Crippen LogP contribution in [0.15, 0.2) is 34.7 Å². The Morgan fingerprint density at radius 3 is 2.77 bits per heavy atom. The van der Waals surface area contributed by atoms with Crippen LogP contribution in [0.2, 0.25) is 0 Å². The average Bonchev–Trinajstić information content (AvgIpc) is 3.10. The van der Waals surface area contributed by atoms with Gasteiger partial charge in [0.2, 0.25) is 11.0 Å². The van der Waals surface area contributed by atoms with Gasteiger partial charge in [0.05, 0.1) is 5.75 Å². The van der Waals surface area contributed by atoms with Crippen LogP contribution < -0.4 is 15.5 Å². The standard InChI is InChI=1S/C18H27N5OS2/c1-14(2)12-20-17-21-22-18(26-17)25-13-16(24)19-10-7-11-23(3)15-8-5-4-6-9-15/h4-6,8-9,14H,7,10-13H2,1-3H3,(H,19,24)(H,20,21). The summed E-state index contributed by atoms with van der Waals surface area (Å²) in [6, 6.07) is 10.2. The quantitative estimate of drug-likeness (QED) is 0.451. The van der Waals surface area contributed by atoms with Crippen LogP contribution in [0, 0.1) is 5.92 Å². The second kappa shape index (κ2) is 11.0. The summed E-state index contributed by atoms with van der Waals surface area (Å²) < 4.78 is 0.815. The van der Waals surface area contributed by atoms with Gasteiger partial charge in [-0.05, 0) is 24.5 Å². The second-order valence-electron chi connectivity index (χ2n) is 6.40. The molecule has 1 heterocycles. The maximum absolute atomic E-state index is 11.9. The first-order valence-corrected chi connectivity index (χ1v) is 10.6. The van der Waals surface area contributed by atoms with Gasteiger partial charge >= 0.3 is 0 Å². The van der Waals surface area contributed by atoms with Gasteiger partial charge in [-0.3, -0.25) is 4.79 Å². The first kappa shape index (κ1) is 20.5. The third kappa shape index (κ3) is 7.61. The van der Waals surface area contributed by atoms with Crippen LogP contribution in [0.3, 0.4) is 0 Å². The Morgan fingerprint density at radius 2 is 2.04 bits per heavy atom. The Morgan fingerprint density at radius 1 is 1.27 bits per heavy atom. The van der Waals surface area contributed by atoms with Crippen molar-refractivity contribution in [3.8, 4) is 0 Å². The molecule has 0 aliphatic heterocycles. The largest absolute Gasteiger partial charge is 0.375 e. The summed E-state index contributed by atoms with van der Waals surface area (Å²) >= 11 is 2.92. The monoisotopic (exact) mass is 393 g/mol. The highest BCUT2D eigenvalue weighted by Crippen LogP contribution is 2.25. The summed E-state index contributed by atoms with van der Waals surface area (Å²) in [6.45, 7) is 6.74. The van der Waals surface area contributed by atoms with E-state index in [-0.39, 0.29) is 5.91 Å². The lowest BCUT2D eigenvalue weighted by atomic mass is 10.2. The van der Waals surface area contributed by atoms with E-state index < -0.39 is 0 Å². The number of hydrogen-bond acceptors (Lipinski definition) is 7. The molecule has 1 amide bonds. The zero-order valence-corrected chi connectivity index (χ0v) is 17.2. The highest BCUT2D eigenvalue weighted by atomic mass is 32.2. The zero-order chi connectivity index (χ0) is 18.8. The minimum atomic E-state index is 0.0317. The Kier molecular flexibility index (Phi) is 8.70. The molecule has 0 saturated carbocycles. The smallest absolute Gasteiger partial charge is 0.230 e. The maximum Gasteiger partial charge on any atom is 0.230 e. The predicted octanol–water partition coefficient (Wildman–Crippen LogP) is 3.34. The Labute approximate surface area is 163 Å². The summed E-state index contributed by atoms with van der Waals surface area (Å²) in [7, 11) is 2.06. The van der Waals surface area contributed by atoms with Crippen molar-refractivity contribution in [3.05, 3.63) is 30.3 Å². The van der Waals surface area contributed by atoms with Crippen molar-refractivity contribution < 1.29 is 4.79 Å². The Hall–Kier alpha value is -1.80. The fourth-order valence-corrected chi connectivity index (χ4v) is 3.75. The minimum Gasteiger partial charge on any atom is -0.375 e. The highest BCUT2D eigenvalue weighted by molar-refractivity contribution is 8.01. The summed E-state index contributed by atoms with van der Waals surface area (Å²) in [6.07, 6.45) is 0.907. The SMILES string of the molecule is CC(C)CNc1nnc(SCC(=O)NCCCN(C)c2ccccc2)s1. The number of benzene rings is 1. The van der Waals surface area contributed by atoms with Crippen molar-refractivity contribution in [1.29, 1.82) is 0 Å². The molecule has 8 heteroatoms. The third-order valence-electron chi connectivity index (χ3n) is 3.58. The summed E-state index contributed by atoms with van der Waals surface area (Å²) in [5.74, 6) is 0.957. The first-order chi connectivity index (χ1) is 12.5. The molecular formula is C18H27N5OS2. The number of rotatable bonds is 11. The van der Waals surface area contributed by atoms with Gasteiger partial charge in [-0.25, -0.2) is 0 Å². The molecule has 26 heavy (non-hydrogen) atoms. The van der Waals surface area contributed by atoms with E-state index in [9.17, 15) is 4.79 Å². The van der Waals surface area contributed by atoms with Gasteiger partial charge in [0.25, 0.3) is 0 Å². The number of anilines is 2. The minimum absolute atomic E-state index is 0.0317. The lowest BCUT2D eigenvalue weighted by Gasteiger charge is -2.19. The van der Waals surface area contributed by atoms with Crippen LogP contribution >= 0.6 is 23.1 Å². The molecule has 142 valence electrons. The molecule has 0 fully saturated rings. The molecule has 0 saturated heterocycles. The zero-order valence-electron chi connectivity index (χ0n) is 15.6. The third-order valence-corrected chi connectivity index (χ3v) is 5.60. The molecule has 0 atom stereocenters. The fourth-order valence-electron chi connectivity index (χ4n) is 2.16. The van der Waals surface area contributed by atoms with Crippen LogP contribution in [0.4, 0.5) is 10.8 Å². The summed E-state index contributed by atoms with van der Waals surface area (Å²) in [4.78, 5) is 14.1. The molecule has 1 aromatic carbocycles. The number of nitrogens with zero attached hydrogens (tertiary/aromatic N) is 3. The molecule has 6 nitrogen and oxygen atoms in total. The van der Waals surface area contributed by atoms with E-state index in [0.29, 0.717) is 18.2 Å². The number of thioether (sulfide) groups is 1. The number of carbonyl (C=O) groups is 1. The van der Waals surface area contributed by atoms with Gasteiger partial charge in [-0.15, -0.1) is 10.2 Å². The van der Waals surface area contributed by atoms with Crippen LogP contribution in [-0.2, 0) is 4.79 Å². The van der Waals surface area contributed by atoms with Gasteiger partial charge in [0.15, 0.2) is 4.34 Å². The van der Waals surface area contributed by atoms with E-state index in [4.69, 9.17) is 0 Å². The van der Waals surface area contributed by atoms with Gasteiger partial charge in [0.1, 0.15) is 0 Å². The lowest BCUT2D eigenvalue weighted by molar-refractivity contribution is -0.118. The van der Waals surface area contributed by atoms with E-state index >= 15 is 0 Å². The summed E-state index contributed by atoms with van der Waals surface area (Å²) in [5.41, 5.74) is 1.19. The molecule has 2 aromatic rings. The Balaban J connectivity index is 1.59. The fraction of sp³-hybridized carbons (Fsp3) is 0.500. The molecule has 2 N–H and O–H groups in total. The molecule has 0 aliphatic rings. The average molecular weight is 394 g/mol. The number of amides is 1. The van der Waals surface area contributed by atoms with Crippen LogP contribution in [0.25, 0.3) is 0 Å². The first-order valence-electron chi connectivity index (χ1n) is 8.77. The van der Waals surface area contributed by atoms with Crippen molar-refractivity contribution in [3.63, 3.8) is 0 Å². The van der Waals surface area contributed by atoms with Crippen molar-refractivity contribution >= 4 is 39.8 Å². The maximum atomic E-state index is 11.9. The molecule has 0 bridgehead atoms. The van der Waals surface area contributed by atoms with Gasteiger partial charge in [-0.2, -0.15) is 0 Å². The molecule has 0 aliphatic carbocycles. The van der Waals surface area contributed by atoms with Gasteiger partial charge in [-0.1, -0.05) is 55.1 Å². The molecule has 0 radical (unpaired) electrons. The van der Waals surface area contributed by atoms with Gasteiger partial charge in [0, 0.05) is 32.4 Å². The molecule has 0 unspecified atom stereocenters. The van der Waals surface area contributed by atoms with Crippen LogP contribution in [-0.4, -0.2) is 48.5 Å². The topological polar surface area (TPSA) is 70.1 Å². The molecular weight excluding hydrogens is 366 g/mol. The molecule has 2 rings (SSSR count). The van der Waals surface area contributed by atoms with Gasteiger partial charge < -0.3 is 15.5 Å². The van der Waals surface area contributed by atoms with E-state index in [2.05, 4.69) is 58.8 Å². The van der Waals surface area contributed by atoms with E-state index in [1.54, 1.807) is 0 Å². The number of aromatic nitrogens is 2. The van der Waals surface area contributed by atoms with E-state index in [0.717, 1.165) is 29.0 Å². The molecule has 0 spiro atoms. The van der Waals surface area contributed by atoms with Crippen molar-refractivity contribution in [2.45, 2.75) is 24.6 Å².